The first-order valence-electron chi connectivity index (χ1n) is 7.10. The average Bonchev–Trinajstić information content (AvgIpc) is 2.75. The molecule has 0 radical (unpaired) electrons. The van der Waals surface area contributed by atoms with Gasteiger partial charge in [0.2, 0.25) is 0 Å². The molecule has 2 aliphatic rings. The van der Waals surface area contributed by atoms with Crippen LogP contribution in [0.15, 0.2) is 12.5 Å². The van der Waals surface area contributed by atoms with Crippen LogP contribution < -0.4 is 4.90 Å². The topological polar surface area (TPSA) is 67.8 Å². The largest absolute Gasteiger partial charge is 0.465 e. The van der Waals surface area contributed by atoms with Crippen LogP contribution in [0, 0.1) is 5.92 Å². The third-order valence-electron chi connectivity index (χ3n) is 4.14. The Kier molecular flexibility index (Phi) is 4.03. The van der Waals surface area contributed by atoms with E-state index in [1.165, 1.54) is 19.6 Å². The minimum absolute atomic E-state index is 0.304. The molecule has 3 rings (SSSR count). The van der Waals surface area contributed by atoms with E-state index >= 15 is 0 Å². The molecule has 2 atom stereocenters. The van der Waals surface area contributed by atoms with Crippen LogP contribution in [0.2, 0.25) is 0 Å². The Hall–Kier alpha value is -1.73. The summed E-state index contributed by atoms with van der Waals surface area (Å²) in [5.74, 6) is 0.664. The number of likely N-dealkylation sites (N-methyl/N-ethyl adjacent to an activating group) is 1. The van der Waals surface area contributed by atoms with Crippen molar-refractivity contribution in [2.75, 3.05) is 51.9 Å². The van der Waals surface area contributed by atoms with E-state index in [9.17, 15) is 4.79 Å². The number of rotatable bonds is 2. The monoisotopic (exact) mass is 292 g/mol. The van der Waals surface area contributed by atoms with Crippen LogP contribution in [0.3, 0.4) is 0 Å². The fourth-order valence-corrected chi connectivity index (χ4v) is 3.05. The van der Waals surface area contributed by atoms with Crippen LogP contribution in [0.4, 0.5) is 5.82 Å². The van der Waals surface area contributed by atoms with Gasteiger partial charge in [0.05, 0.1) is 26.4 Å². The Morgan fingerprint density at radius 1 is 1.38 bits per heavy atom. The second kappa shape index (κ2) is 5.95. The molecule has 2 saturated heterocycles. The third-order valence-corrected chi connectivity index (χ3v) is 4.14. The summed E-state index contributed by atoms with van der Waals surface area (Å²) in [4.78, 5) is 24.7. The van der Waals surface area contributed by atoms with Crippen molar-refractivity contribution in [2.45, 2.75) is 6.04 Å². The lowest BCUT2D eigenvalue weighted by Crippen LogP contribution is -2.43. The van der Waals surface area contributed by atoms with E-state index < -0.39 is 5.97 Å². The van der Waals surface area contributed by atoms with Crippen LogP contribution >= 0.6 is 0 Å². The summed E-state index contributed by atoms with van der Waals surface area (Å²) in [5.41, 5.74) is 0.420. The minimum Gasteiger partial charge on any atom is -0.465 e. The second-order valence-corrected chi connectivity index (χ2v) is 5.65. The lowest BCUT2D eigenvalue weighted by Gasteiger charge is -2.31. The molecule has 2 fully saturated rings. The summed E-state index contributed by atoms with van der Waals surface area (Å²) in [7, 11) is 3.49. The molecule has 3 heterocycles. The number of esters is 1. The maximum absolute atomic E-state index is 11.9. The molecule has 0 N–H and O–H groups in total. The number of anilines is 1. The molecule has 1 aromatic rings. The van der Waals surface area contributed by atoms with Crippen LogP contribution in [0.25, 0.3) is 0 Å². The maximum Gasteiger partial charge on any atom is 0.343 e. The van der Waals surface area contributed by atoms with E-state index in [1.54, 1.807) is 0 Å². The smallest absolute Gasteiger partial charge is 0.343 e. The van der Waals surface area contributed by atoms with Gasteiger partial charge in [-0.1, -0.05) is 0 Å². The van der Waals surface area contributed by atoms with Gasteiger partial charge in [-0.15, -0.1) is 0 Å². The highest BCUT2D eigenvalue weighted by atomic mass is 16.5. The summed E-state index contributed by atoms with van der Waals surface area (Å²) in [5, 5.41) is 0. The second-order valence-electron chi connectivity index (χ2n) is 5.65. The SMILES string of the molecule is COC(=O)c1cncnc1N1C[C@@H]2COC[C@H](C1)N(C)C2. The van der Waals surface area contributed by atoms with Crippen LogP contribution in [-0.4, -0.2) is 73.9 Å². The van der Waals surface area contributed by atoms with Gasteiger partial charge in [-0.3, -0.25) is 4.90 Å². The van der Waals surface area contributed by atoms with Gasteiger partial charge in [0.15, 0.2) is 0 Å². The highest BCUT2D eigenvalue weighted by Gasteiger charge is 2.33. The molecule has 7 nitrogen and oxygen atoms in total. The Balaban J connectivity index is 1.92. The number of aromatic nitrogens is 2. The third kappa shape index (κ3) is 2.84. The first-order valence-corrected chi connectivity index (χ1v) is 7.10. The molecule has 0 aliphatic carbocycles. The van der Waals surface area contributed by atoms with Crippen molar-refractivity contribution in [1.82, 2.24) is 14.9 Å². The van der Waals surface area contributed by atoms with Crippen molar-refractivity contribution < 1.29 is 14.3 Å². The zero-order chi connectivity index (χ0) is 14.8. The van der Waals surface area contributed by atoms with E-state index in [1.807, 2.05) is 0 Å². The standard InChI is InChI=1S/C14H20N4O3/c1-17-4-10-5-18(6-11(17)8-21-7-10)13-12(14(19)20-2)3-15-9-16-13/h3,9-11H,4-8H2,1-2H3/t10-,11+/m1/s1. The van der Waals surface area contributed by atoms with E-state index in [4.69, 9.17) is 9.47 Å². The van der Waals surface area contributed by atoms with Gasteiger partial charge in [-0.05, 0) is 7.05 Å². The van der Waals surface area contributed by atoms with E-state index in [0.717, 1.165) is 26.2 Å². The van der Waals surface area contributed by atoms with Gasteiger partial charge in [-0.2, -0.15) is 0 Å². The maximum atomic E-state index is 11.9. The molecule has 2 aliphatic heterocycles. The molecule has 2 bridgehead atoms. The Morgan fingerprint density at radius 3 is 3.05 bits per heavy atom. The molecule has 21 heavy (non-hydrogen) atoms. The molecule has 0 aromatic carbocycles. The summed E-state index contributed by atoms with van der Waals surface area (Å²) in [6.07, 6.45) is 3.00. The number of carbonyl (C=O) groups is 1. The number of methoxy groups -OCH3 is 1. The molecule has 0 amide bonds. The van der Waals surface area contributed by atoms with E-state index in [0.29, 0.717) is 29.9 Å². The molecule has 0 unspecified atom stereocenters. The molecule has 0 spiro atoms. The molecule has 114 valence electrons. The lowest BCUT2D eigenvalue weighted by molar-refractivity contribution is 0.0600. The van der Waals surface area contributed by atoms with Gasteiger partial charge in [0, 0.05) is 31.7 Å². The van der Waals surface area contributed by atoms with Crippen molar-refractivity contribution in [1.29, 1.82) is 0 Å². The number of ether oxygens (including phenoxy) is 2. The molecule has 0 saturated carbocycles. The fourth-order valence-electron chi connectivity index (χ4n) is 3.05. The molecular weight excluding hydrogens is 272 g/mol. The minimum atomic E-state index is -0.399. The Bertz CT molecular complexity index is 525. The van der Waals surface area contributed by atoms with Gasteiger partial charge in [0.1, 0.15) is 17.7 Å². The first kappa shape index (κ1) is 14.2. The van der Waals surface area contributed by atoms with Crippen LogP contribution in [-0.2, 0) is 9.47 Å². The predicted octanol–water partition coefficient (Wildman–Crippen LogP) is 0.0300. The van der Waals surface area contributed by atoms with Crippen molar-refractivity contribution in [3.8, 4) is 0 Å². The highest BCUT2D eigenvalue weighted by molar-refractivity contribution is 5.94. The van der Waals surface area contributed by atoms with Crippen molar-refractivity contribution >= 4 is 11.8 Å². The van der Waals surface area contributed by atoms with Crippen molar-refractivity contribution in [3.63, 3.8) is 0 Å². The summed E-state index contributed by atoms with van der Waals surface area (Å²) in [6, 6.07) is 0.304. The fraction of sp³-hybridized carbons (Fsp3) is 0.643. The van der Waals surface area contributed by atoms with Crippen molar-refractivity contribution in [3.05, 3.63) is 18.1 Å². The number of hydrogen-bond acceptors (Lipinski definition) is 7. The Morgan fingerprint density at radius 2 is 2.24 bits per heavy atom. The number of hydrogen-bond donors (Lipinski definition) is 0. The number of fused-ring (bicyclic) bond motifs is 3. The van der Waals surface area contributed by atoms with Crippen molar-refractivity contribution in [2.24, 2.45) is 5.92 Å². The number of carbonyl (C=O) groups excluding carboxylic acids is 1. The van der Waals surface area contributed by atoms with Crippen LogP contribution in [0.5, 0.6) is 0 Å². The normalized spacial score (nSPS) is 26.3. The summed E-state index contributed by atoms with van der Waals surface area (Å²) >= 11 is 0. The zero-order valence-electron chi connectivity index (χ0n) is 12.4. The average molecular weight is 292 g/mol. The zero-order valence-corrected chi connectivity index (χ0v) is 12.4. The molecule has 7 heteroatoms. The predicted molar refractivity (Wildman–Crippen MR) is 76.3 cm³/mol. The lowest BCUT2D eigenvalue weighted by atomic mass is 10.1. The van der Waals surface area contributed by atoms with E-state index in [-0.39, 0.29) is 0 Å². The number of nitrogens with zero attached hydrogens (tertiary/aromatic N) is 4. The summed E-state index contributed by atoms with van der Waals surface area (Å²) < 4.78 is 10.6. The van der Waals surface area contributed by atoms with E-state index in [2.05, 4.69) is 26.8 Å². The van der Waals surface area contributed by atoms with Gasteiger partial charge < -0.3 is 14.4 Å². The first-order chi connectivity index (χ1) is 10.2. The highest BCUT2D eigenvalue weighted by Crippen LogP contribution is 2.24. The van der Waals surface area contributed by atoms with Gasteiger partial charge in [-0.25, -0.2) is 14.8 Å². The Labute approximate surface area is 123 Å². The summed E-state index contributed by atoms with van der Waals surface area (Å²) in [6.45, 7) is 4.06. The van der Waals surface area contributed by atoms with Crippen LogP contribution in [0.1, 0.15) is 10.4 Å². The molecule has 1 aromatic heterocycles. The quantitative estimate of drug-likeness (QED) is 0.712. The van der Waals surface area contributed by atoms with Gasteiger partial charge in [0.25, 0.3) is 0 Å². The van der Waals surface area contributed by atoms with Gasteiger partial charge >= 0.3 is 5.97 Å². The molecular formula is C14H20N4O3.